The Balaban J connectivity index is 1.80. The van der Waals surface area contributed by atoms with Crippen LogP contribution in [0.4, 0.5) is 0 Å². The fraction of sp³-hybridized carbons (Fsp3) is 0.469. The molecule has 1 aliphatic carbocycles. The van der Waals surface area contributed by atoms with E-state index in [4.69, 9.17) is 0 Å². The van der Waals surface area contributed by atoms with Crippen LogP contribution in [-0.4, -0.2) is 0 Å². The Kier molecular flexibility index (Phi) is 4.78. The van der Waals surface area contributed by atoms with Gasteiger partial charge in [-0.3, -0.25) is 0 Å². The quantitative estimate of drug-likeness (QED) is 0.354. The van der Waals surface area contributed by atoms with Gasteiger partial charge in [0, 0.05) is 24.0 Å². The van der Waals surface area contributed by atoms with E-state index in [1.165, 1.54) is 39.1 Å². The van der Waals surface area contributed by atoms with Gasteiger partial charge in [-0.2, -0.15) is 4.57 Å². The summed E-state index contributed by atoms with van der Waals surface area (Å²) in [6, 6.07) is 18.9. The molecule has 33 heavy (non-hydrogen) atoms. The summed E-state index contributed by atoms with van der Waals surface area (Å²) in [5.74, 6) is 0.488. The van der Waals surface area contributed by atoms with Crippen molar-refractivity contribution in [3.05, 3.63) is 77.0 Å². The van der Waals surface area contributed by atoms with Crippen LogP contribution in [0.2, 0.25) is 0 Å². The molecule has 0 radical (unpaired) electrons. The highest BCUT2D eigenvalue weighted by atomic mass is 15.0. The summed E-state index contributed by atoms with van der Waals surface area (Å²) in [7, 11) is 0. The largest absolute Gasteiger partial charge is 0.213 e. The zero-order chi connectivity index (χ0) is 23.9. The molecule has 2 aromatic carbocycles. The van der Waals surface area contributed by atoms with E-state index in [0.717, 1.165) is 6.42 Å². The van der Waals surface area contributed by atoms with Crippen molar-refractivity contribution < 1.29 is 4.57 Å². The standard InChI is InChI=1S/C32H40N/c1-10-28-21(3)23-17-26-27(31(6,7)32(8,9)30(26,4)5)18-24(23)29-16-20(2)25(19-33(28)29)22-14-12-11-13-15-22/h11-19,21,28H,10H2,1-9H3/q+1. The molecule has 0 saturated heterocycles. The normalized spacial score (nSPS) is 23.5. The Labute approximate surface area is 200 Å². The van der Waals surface area contributed by atoms with Gasteiger partial charge in [-0.1, -0.05) is 91.8 Å². The van der Waals surface area contributed by atoms with Crippen LogP contribution in [0.15, 0.2) is 54.7 Å². The number of hydrogen-bond donors (Lipinski definition) is 0. The first kappa shape index (κ1) is 22.4. The molecule has 0 amide bonds. The second kappa shape index (κ2) is 7.05. The Morgan fingerprint density at radius 2 is 1.42 bits per heavy atom. The summed E-state index contributed by atoms with van der Waals surface area (Å²) in [6.07, 6.45) is 3.56. The summed E-state index contributed by atoms with van der Waals surface area (Å²) in [5.41, 5.74) is 11.9. The molecule has 0 bridgehead atoms. The minimum atomic E-state index is 0.121. The average Bonchev–Trinajstić information content (AvgIpc) is 2.88. The van der Waals surface area contributed by atoms with Crippen molar-refractivity contribution in [1.29, 1.82) is 0 Å². The number of pyridine rings is 1. The van der Waals surface area contributed by atoms with E-state index in [-0.39, 0.29) is 16.2 Å². The smallest absolute Gasteiger partial charge is 0.194 e. The third kappa shape index (κ3) is 2.81. The zero-order valence-corrected chi connectivity index (χ0v) is 22.0. The van der Waals surface area contributed by atoms with E-state index in [1.807, 2.05) is 0 Å². The summed E-state index contributed by atoms with van der Waals surface area (Å²) in [5, 5.41) is 0. The Morgan fingerprint density at radius 3 is 2.03 bits per heavy atom. The van der Waals surface area contributed by atoms with E-state index in [2.05, 4.69) is 122 Å². The first-order valence-electron chi connectivity index (χ1n) is 12.7. The van der Waals surface area contributed by atoms with Crippen molar-refractivity contribution in [2.75, 3.05) is 0 Å². The minimum Gasteiger partial charge on any atom is -0.194 e. The molecule has 1 nitrogen and oxygen atoms in total. The van der Waals surface area contributed by atoms with Crippen LogP contribution in [0.25, 0.3) is 22.4 Å². The Morgan fingerprint density at radius 1 is 0.818 bits per heavy atom. The molecule has 0 spiro atoms. The summed E-state index contributed by atoms with van der Waals surface area (Å²) >= 11 is 0. The molecule has 0 N–H and O–H groups in total. The van der Waals surface area contributed by atoms with E-state index >= 15 is 0 Å². The molecular weight excluding hydrogens is 398 g/mol. The number of aromatic nitrogens is 1. The van der Waals surface area contributed by atoms with Crippen LogP contribution >= 0.6 is 0 Å². The molecule has 2 heterocycles. The maximum Gasteiger partial charge on any atom is 0.213 e. The lowest BCUT2D eigenvalue weighted by atomic mass is 9.59. The SMILES string of the molecule is CCC1C(C)c2cc3c(cc2-c2cc(C)c(-c4ccccc4)c[n+]21)C(C)(C)C(C)(C)C3(C)C. The number of hydrogen-bond acceptors (Lipinski definition) is 0. The number of aryl methyl sites for hydroxylation is 1. The number of nitrogens with zero attached hydrogens (tertiary/aromatic N) is 1. The minimum absolute atomic E-state index is 0.121. The first-order valence-corrected chi connectivity index (χ1v) is 12.7. The van der Waals surface area contributed by atoms with Crippen LogP contribution in [0.1, 0.15) is 96.0 Å². The van der Waals surface area contributed by atoms with Crippen LogP contribution in [0.3, 0.4) is 0 Å². The Hall–Kier alpha value is -2.41. The van der Waals surface area contributed by atoms with Gasteiger partial charge in [0.1, 0.15) is 0 Å². The third-order valence-corrected chi connectivity index (χ3v) is 10.2. The molecule has 3 aromatic rings. The van der Waals surface area contributed by atoms with Crippen LogP contribution in [0, 0.1) is 12.3 Å². The van der Waals surface area contributed by atoms with Gasteiger partial charge in [-0.05, 0) is 57.1 Å². The van der Waals surface area contributed by atoms with Crippen molar-refractivity contribution in [3.8, 4) is 22.4 Å². The van der Waals surface area contributed by atoms with E-state index in [1.54, 1.807) is 5.56 Å². The molecule has 172 valence electrons. The fourth-order valence-electron chi connectivity index (χ4n) is 6.78. The predicted octanol–water partition coefficient (Wildman–Crippen LogP) is 8.28. The maximum absolute atomic E-state index is 2.60. The van der Waals surface area contributed by atoms with Gasteiger partial charge in [0.05, 0.1) is 5.56 Å². The van der Waals surface area contributed by atoms with Crippen molar-refractivity contribution in [2.45, 2.75) is 91.5 Å². The average molecular weight is 439 g/mol. The summed E-state index contributed by atoms with van der Waals surface area (Å²) < 4.78 is 2.59. The highest BCUT2D eigenvalue weighted by Gasteiger charge is 2.57. The van der Waals surface area contributed by atoms with E-state index in [9.17, 15) is 0 Å². The summed E-state index contributed by atoms with van der Waals surface area (Å²) in [4.78, 5) is 0. The van der Waals surface area contributed by atoms with Gasteiger partial charge < -0.3 is 0 Å². The highest BCUT2D eigenvalue weighted by molar-refractivity contribution is 5.73. The van der Waals surface area contributed by atoms with Crippen molar-refractivity contribution >= 4 is 0 Å². The van der Waals surface area contributed by atoms with Crippen molar-refractivity contribution in [2.24, 2.45) is 5.41 Å². The van der Waals surface area contributed by atoms with Gasteiger partial charge in [-0.15, -0.1) is 0 Å². The van der Waals surface area contributed by atoms with Gasteiger partial charge in [-0.25, -0.2) is 0 Å². The number of rotatable bonds is 2. The molecule has 1 aliphatic heterocycles. The van der Waals surface area contributed by atoms with Crippen molar-refractivity contribution in [3.63, 3.8) is 0 Å². The molecule has 1 heteroatoms. The maximum atomic E-state index is 2.60. The monoisotopic (exact) mass is 438 g/mol. The van der Waals surface area contributed by atoms with E-state index < -0.39 is 0 Å². The van der Waals surface area contributed by atoms with Crippen LogP contribution < -0.4 is 4.57 Å². The lowest BCUT2D eigenvalue weighted by molar-refractivity contribution is -0.717. The molecule has 5 rings (SSSR count). The molecule has 2 aliphatic rings. The fourth-order valence-corrected chi connectivity index (χ4v) is 6.78. The molecule has 0 saturated carbocycles. The third-order valence-electron chi connectivity index (χ3n) is 10.2. The van der Waals surface area contributed by atoms with Crippen LogP contribution in [-0.2, 0) is 10.8 Å². The summed E-state index contributed by atoms with van der Waals surface area (Å²) in [6.45, 7) is 21.8. The molecule has 1 aromatic heterocycles. The molecule has 2 unspecified atom stereocenters. The predicted molar refractivity (Wildman–Crippen MR) is 140 cm³/mol. The zero-order valence-electron chi connectivity index (χ0n) is 22.0. The second-order valence-corrected chi connectivity index (χ2v) is 12.2. The van der Waals surface area contributed by atoms with Gasteiger partial charge >= 0.3 is 0 Å². The van der Waals surface area contributed by atoms with E-state index in [0.29, 0.717) is 12.0 Å². The second-order valence-electron chi connectivity index (χ2n) is 12.2. The molecular formula is C32H40N+. The van der Waals surface area contributed by atoms with Crippen molar-refractivity contribution in [1.82, 2.24) is 0 Å². The lowest BCUT2D eigenvalue weighted by Crippen LogP contribution is -2.47. The topological polar surface area (TPSA) is 3.88 Å². The lowest BCUT2D eigenvalue weighted by Gasteiger charge is -2.44. The van der Waals surface area contributed by atoms with Crippen LogP contribution in [0.5, 0.6) is 0 Å². The Bertz CT molecular complexity index is 1240. The molecule has 2 atom stereocenters. The van der Waals surface area contributed by atoms with Gasteiger partial charge in [0.25, 0.3) is 0 Å². The molecule has 0 fully saturated rings. The number of fused-ring (bicyclic) bond motifs is 4. The van der Waals surface area contributed by atoms with Gasteiger partial charge in [0.2, 0.25) is 5.69 Å². The van der Waals surface area contributed by atoms with Gasteiger partial charge in [0.15, 0.2) is 12.2 Å². The highest BCUT2D eigenvalue weighted by Crippen LogP contribution is 2.62. The first-order chi connectivity index (χ1) is 15.4. The number of benzene rings is 2.